The highest BCUT2D eigenvalue weighted by Crippen LogP contribution is 2.44. The number of alkyl halides is 1. The third-order valence-corrected chi connectivity index (χ3v) is 8.72. The minimum Gasteiger partial charge on any atom is -0.489 e. The van der Waals surface area contributed by atoms with Crippen molar-refractivity contribution < 1.29 is 13.9 Å². The zero-order valence-corrected chi connectivity index (χ0v) is 23.1. The number of likely N-dealkylation sites (tertiary alicyclic amines) is 1. The maximum absolute atomic E-state index is 12.5. The first-order valence-corrected chi connectivity index (χ1v) is 14.4. The van der Waals surface area contributed by atoms with Gasteiger partial charge in [0.15, 0.2) is 0 Å². The summed E-state index contributed by atoms with van der Waals surface area (Å²) in [4.78, 5) is 15.2. The Morgan fingerprint density at radius 3 is 2.66 bits per heavy atom. The molecule has 0 aromatic heterocycles. The Bertz CT molecular complexity index is 1360. The quantitative estimate of drug-likeness (QED) is 0.327. The Morgan fingerprint density at radius 1 is 1.13 bits per heavy atom. The molecular formula is C31H32ClFN2O2S. The van der Waals surface area contributed by atoms with Crippen LogP contribution in [-0.2, 0) is 0 Å². The number of fused-ring (bicyclic) bond motifs is 1. The molecule has 2 N–H and O–H groups in total. The number of hydrogen-bond donors (Lipinski definition) is 1. The second-order valence-corrected chi connectivity index (χ2v) is 11.4. The van der Waals surface area contributed by atoms with E-state index >= 15 is 0 Å². The number of nitrogens with two attached hydrogens (primary N) is 1. The van der Waals surface area contributed by atoms with E-state index in [1.54, 1.807) is 11.8 Å². The van der Waals surface area contributed by atoms with Gasteiger partial charge in [0.1, 0.15) is 11.9 Å². The molecule has 2 heterocycles. The summed E-state index contributed by atoms with van der Waals surface area (Å²) in [7, 11) is 0. The van der Waals surface area contributed by atoms with Crippen LogP contribution in [0.25, 0.3) is 11.1 Å². The van der Waals surface area contributed by atoms with Gasteiger partial charge in [0, 0.05) is 40.9 Å². The van der Waals surface area contributed by atoms with E-state index in [2.05, 4.69) is 29.2 Å². The van der Waals surface area contributed by atoms with Crippen LogP contribution >= 0.6 is 23.4 Å². The molecule has 3 aromatic rings. The molecule has 0 saturated carbocycles. The molecule has 0 spiro atoms. The van der Waals surface area contributed by atoms with Crippen LogP contribution in [0.2, 0.25) is 5.02 Å². The fourth-order valence-corrected chi connectivity index (χ4v) is 6.45. The molecule has 2 aliphatic rings. The van der Waals surface area contributed by atoms with Crippen LogP contribution in [0.15, 0.2) is 65.6 Å². The molecule has 0 radical (unpaired) electrons. The SMILES string of the molecule is Cc1cc(C2=C(c3ccc(OC4CCN(CCCF)C4)cc3)c3ccc(C(N)=O)cc3SCC2)ccc1Cl. The molecule has 4 nitrogen and oxygen atoms in total. The molecule has 1 unspecified atom stereocenters. The number of rotatable bonds is 8. The van der Waals surface area contributed by atoms with Gasteiger partial charge < -0.3 is 10.5 Å². The summed E-state index contributed by atoms with van der Waals surface area (Å²) in [5, 5.41) is 0.752. The predicted octanol–water partition coefficient (Wildman–Crippen LogP) is 7.01. The summed E-state index contributed by atoms with van der Waals surface area (Å²) in [5.41, 5.74) is 12.9. The Morgan fingerprint density at radius 2 is 1.92 bits per heavy atom. The number of benzene rings is 3. The largest absolute Gasteiger partial charge is 0.489 e. The van der Waals surface area contributed by atoms with E-state index < -0.39 is 5.91 Å². The van der Waals surface area contributed by atoms with Crippen LogP contribution in [0.1, 0.15) is 51.9 Å². The fourth-order valence-electron chi connectivity index (χ4n) is 5.28. The van der Waals surface area contributed by atoms with E-state index in [4.69, 9.17) is 22.1 Å². The highest BCUT2D eigenvalue weighted by Gasteiger charge is 2.25. The number of aryl methyl sites for hydroxylation is 1. The first-order chi connectivity index (χ1) is 18.4. The molecule has 3 aromatic carbocycles. The molecule has 2 aliphatic heterocycles. The molecule has 7 heteroatoms. The molecular weight excluding hydrogens is 519 g/mol. The number of primary amides is 1. The van der Waals surface area contributed by atoms with Gasteiger partial charge >= 0.3 is 0 Å². The van der Waals surface area contributed by atoms with E-state index in [0.717, 1.165) is 81.7 Å². The first-order valence-electron chi connectivity index (χ1n) is 13.0. The third kappa shape index (κ3) is 5.93. The first kappa shape index (κ1) is 26.8. The molecule has 1 saturated heterocycles. The average Bonchev–Trinajstić information content (AvgIpc) is 3.27. The average molecular weight is 551 g/mol. The lowest BCUT2D eigenvalue weighted by atomic mass is 9.87. The van der Waals surface area contributed by atoms with Crippen LogP contribution in [-0.4, -0.2) is 49.0 Å². The number of hydrogen-bond acceptors (Lipinski definition) is 4. The summed E-state index contributed by atoms with van der Waals surface area (Å²) < 4.78 is 18.8. The zero-order valence-electron chi connectivity index (χ0n) is 21.5. The number of thioether (sulfide) groups is 1. The van der Waals surface area contributed by atoms with Gasteiger partial charge in [0.05, 0.1) is 6.67 Å². The molecule has 1 amide bonds. The van der Waals surface area contributed by atoms with Gasteiger partial charge in [-0.3, -0.25) is 14.1 Å². The summed E-state index contributed by atoms with van der Waals surface area (Å²) in [6.07, 6.45) is 2.52. The van der Waals surface area contributed by atoms with Gasteiger partial charge in [0.2, 0.25) is 5.91 Å². The van der Waals surface area contributed by atoms with E-state index in [1.807, 2.05) is 43.3 Å². The summed E-state index contributed by atoms with van der Waals surface area (Å²) in [6, 6.07) is 20.2. The van der Waals surface area contributed by atoms with Gasteiger partial charge in [-0.05, 0) is 89.9 Å². The monoisotopic (exact) mass is 550 g/mol. The second-order valence-electron chi connectivity index (χ2n) is 9.89. The smallest absolute Gasteiger partial charge is 0.248 e. The van der Waals surface area contributed by atoms with Crippen molar-refractivity contribution in [2.75, 3.05) is 32.1 Å². The van der Waals surface area contributed by atoms with Crippen molar-refractivity contribution in [1.29, 1.82) is 0 Å². The van der Waals surface area contributed by atoms with Crippen LogP contribution in [0.4, 0.5) is 4.39 Å². The number of allylic oxidation sites excluding steroid dienone is 1. The van der Waals surface area contributed by atoms with Crippen LogP contribution in [0.3, 0.4) is 0 Å². The fraction of sp³-hybridized carbons (Fsp3) is 0.323. The third-order valence-electron chi connectivity index (χ3n) is 7.24. The Balaban J connectivity index is 1.50. The Labute approximate surface area is 233 Å². The number of carbonyl (C=O) groups excluding carboxylic acids is 1. The molecule has 1 atom stereocenters. The van der Waals surface area contributed by atoms with Gasteiger partial charge in [-0.2, -0.15) is 0 Å². The van der Waals surface area contributed by atoms with Crippen molar-refractivity contribution in [1.82, 2.24) is 4.90 Å². The Hall–Kier alpha value is -2.80. The summed E-state index contributed by atoms with van der Waals surface area (Å²) >= 11 is 8.10. The number of ether oxygens (including phenoxy) is 1. The highest BCUT2D eigenvalue weighted by molar-refractivity contribution is 7.99. The second kappa shape index (κ2) is 11.9. The molecule has 198 valence electrons. The van der Waals surface area contributed by atoms with E-state index in [0.29, 0.717) is 12.0 Å². The van der Waals surface area contributed by atoms with Gasteiger partial charge in [0.25, 0.3) is 0 Å². The number of carbonyl (C=O) groups is 1. The van der Waals surface area contributed by atoms with Crippen molar-refractivity contribution in [3.63, 3.8) is 0 Å². The number of halogens is 2. The standard InChI is InChI=1S/C31H32ClFN2O2S/c1-20-17-22(6-10-28(20)32)26-12-16-38-29-18-23(31(34)36)5-9-27(29)30(26)21-3-7-24(8-4-21)37-25-11-15-35(19-25)14-2-13-33/h3-10,17-18,25H,2,11-16,19H2,1H3,(H2,34,36). The molecule has 0 bridgehead atoms. The van der Waals surface area contributed by atoms with Crippen molar-refractivity contribution in [2.45, 2.75) is 37.2 Å². The van der Waals surface area contributed by atoms with E-state index in [9.17, 15) is 9.18 Å². The van der Waals surface area contributed by atoms with Gasteiger partial charge in [-0.25, -0.2) is 0 Å². The Kier molecular flexibility index (Phi) is 8.42. The topological polar surface area (TPSA) is 55.6 Å². The van der Waals surface area contributed by atoms with Gasteiger partial charge in [-0.15, -0.1) is 11.8 Å². The lowest BCUT2D eigenvalue weighted by Crippen LogP contribution is -2.26. The molecule has 1 fully saturated rings. The van der Waals surface area contributed by atoms with Crippen molar-refractivity contribution in [3.05, 3.63) is 93.5 Å². The normalized spacial score (nSPS) is 17.8. The maximum Gasteiger partial charge on any atom is 0.248 e. The van der Waals surface area contributed by atoms with Gasteiger partial charge in [-0.1, -0.05) is 41.9 Å². The number of amides is 1. The van der Waals surface area contributed by atoms with Crippen LogP contribution in [0, 0.1) is 6.92 Å². The predicted molar refractivity (Wildman–Crippen MR) is 155 cm³/mol. The lowest BCUT2D eigenvalue weighted by Gasteiger charge is -2.19. The number of nitrogens with zero attached hydrogens (tertiary/aromatic N) is 1. The summed E-state index contributed by atoms with van der Waals surface area (Å²) in [5.74, 6) is 1.30. The van der Waals surface area contributed by atoms with Crippen molar-refractivity contribution in [3.8, 4) is 5.75 Å². The molecule has 0 aliphatic carbocycles. The zero-order chi connectivity index (χ0) is 26.6. The summed E-state index contributed by atoms with van der Waals surface area (Å²) in [6.45, 7) is 4.31. The molecule has 38 heavy (non-hydrogen) atoms. The van der Waals surface area contributed by atoms with Crippen molar-refractivity contribution in [2.24, 2.45) is 5.73 Å². The van der Waals surface area contributed by atoms with E-state index in [-0.39, 0.29) is 12.8 Å². The van der Waals surface area contributed by atoms with Crippen LogP contribution in [0.5, 0.6) is 5.75 Å². The van der Waals surface area contributed by atoms with Crippen molar-refractivity contribution >= 4 is 40.4 Å². The molecule has 5 rings (SSSR count). The highest BCUT2D eigenvalue weighted by atomic mass is 35.5. The lowest BCUT2D eigenvalue weighted by molar-refractivity contribution is 0.1000. The maximum atomic E-state index is 12.5. The van der Waals surface area contributed by atoms with E-state index in [1.165, 1.54) is 5.57 Å². The minimum atomic E-state index is -0.423. The minimum absolute atomic E-state index is 0.120. The van der Waals surface area contributed by atoms with Crippen LogP contribution < -0.4 is 10.5 Å².